The summed E-state index contributed by atoms with van der Waals surface area (Å²) in [7, 11) is 0. The molecule has 1 aliphatic heterocycles. The average molecular weight is 392 g/mol. The van der Waals surface area contributed by atoms with Gasteiger partial charge in [-0.25, -0.2) is 4.79 Å². The predicted octanol–water partition coefficient (Wildman–Crippen LogP) is 1.98. The highest BCUT2D eigenvalue weighted by Crippen LogP contribution is 2.23. The Kier molecular flexibility index (Phi) is 7.01. The third kappa shape index (κ3) is 5.09. The van der Waals surface area contributed by atoms with E-state index in [2.05, 4.69) is 17.9 Å². The van der Waals surface area contributed by atoms with Crippen LogP contribution in [0.4, 0.5) is 0 Å². The van der Waals surface area contributed by atoms with Crippen LogP contribution in [0.3, 0.4) is 0 Å². The van der Waals surface area contributed by atoms with Crippen molar-refractivity contribution in [3.05, 3.63) is 35.4 Å². The zero-order chi connectivity index (χ0) is 20.1. The maximum Gasteiger partial charge on any atom is 0.326 e. The van der Waals surface area contributed by atoms with Gasteiger partial charge in [0.25, 0.3) is 11.8 Å². The normalized spacial score (nSPS) is 15.6. The van der Waals surface area contributed by atoms with E-state index in [1.54, 1.807) is 24.3 Å². The van der Waals surface area contributed by atoms with Crippen molar-refractivity contribution in [2.45, 2.75) is 44.4 Å². The predicted molar refractivity (Wildman–Crippen MR) is 103 cm³/mol. The van der Waals surface area contributed by atoms with Gasteiger partial charge in [-0.05, 0) is 37.3 Å². The Hall–Kier alpha value is -2.35. The average Bonchev–Trinajstić information content (AvgIpc) is 2.85. The molecule has 146 valence electrons. The zero-order valence-corrected chi connectivity index (χ0v) is 16.2. The van der Waals surface area contributed by atoms with E-state index < -0.39 is 23.2 Å². The number of carboxylic acid groups (broad SMARTS) is 1. The molecule has 0 aromatic heterocycles. The molecule has 0 bridgehead atoms. The fourth-order valence-electron chi connectivity index (χ4n) is 2.98. The number of carbonyl (C=O) groups excluding carboxylic acids is 3. The molecule has 7 nitrogen and oxygen atoms in total. The second-order valence-electron chi connectivity index (χ2n) is 6.99. The first-order valence-corrected chi connectivity index (χ1v) is 9.40. The molecule has 2 rings (SSSR count). The molecule has 0 radical (unpaired) electrons. The Bertz CT molecular complexity index is 714. The van der Waals surface area contributed by atoms with Crippen LogP contribution in [-0.2, 0) is 9.59 Å². The molecule has 8 heteroatoms. The van der Waals surface area contributed by atoms with E-state index in [9.17, 15) is 24.3 Å². The van der Waals surface area contributed by atoms with Crippen molar-refractivity contribution in [1.82, 2.24) is 10.2 Å². The van der Waals surface area contributed by atoms with Gasteiger partial charge in [0, 0.05) is 6.54 Å². The van der Waals surface area contributed by atoms with Gasteiger partial charge in [-0.15, -0.1) is 0 Å². The highest BCUT2D eigenvalue weighted by Gasteiger charge is 2.34. The fraction of sp³-hybridized carbons (Fsp3) is 0.474. The summed E-state index contributed by atoms with van der Waals surface area (Å²) < 4.78 is 0. The Morgan fingerprint density at radius 3 is 2.19 bits per heavy atom. The van der Waals surface area contributed by atoms with E-state index in [-0.39, 0.29) is 24.3 Å². The van der Waals surface area contributed by atoms with Crippen LogP contribution in [0.5, 0.6) is 0 Å². The molecule has 0 saturated carbocycles. The summed E-state index contributed by atoms with van der Waals surface area (Å²) in [6, 6.07) is 5.69. The fourth-order valence-corrected chi connectivity index (χ4v) is 3.23. The van der Waals surface area contributed by atoms with Gasteiger partial charge in [0.15, 0.2) is 0 Å². The molecular weight excluding hydrogens is 368 g/mol. The van der Waals surface area contributed by atoms with Crippen LogP contribution in [0.25, 0.3) is 0 Å². The van der Waals surface area contributed by atoms with E-state index in [1.807, 2.05) is 13.8 Å². The van der Waals surface area contributed by atoms with E-state index in [0.29, 0.717) is 30.4 Å². The first kappa shape index (κ1) is 21.0. The summed E-state index contributed by atoms with van der Waals surface area (Å²) in [6.07, 6.45) is 1.04. The highest BCUT2D eigenvalue weighted by atomic mass is 32.1. The van der Waals surface area contributed by atoms with Gasteiger partial charge in [0.2, 0.25) is 5.91 Å². The van der Waals surface area contributed by atoms with Gasteiger partial charge in [0.1, 0.15) is 6.04 Å². The van der Waals surface area contributed by atoms with Crippen LogP contribution in [0.15, 0.2) is 24.3 Å². The lowest BCUT2D eigenvalue weighted by Crippen LogP contribution is -2.45. The van der Waals surface area contributed by atoms with Crippen LogP contribution in [0.2, 0.25) is 0 Å². The molecule has 1 aromatic rings. The number of nitrogens with one attached hydrogen (secondary N) is 1. The summed E-state index contributed by atoms with van der Waals surface area (Å²) in [5, 5.41) is 11.0. The minimum Gasteiger partial charge on any atom is -0.480 e. The van der Waals surface area contributed by atoms with Crippen LogP contribution in [0, 0.1) is 5.92 Å². The summed E-state index contributed by atoms with van der Waals surface area (Å²) in [5.41, 5.74) is 0.779. The van der Waals surface area contributed by atoms with E-state index >= 15 is 0 Å². The number of carbonyl (C=O) groups is 4. The maximum absolute atomic E-state index is 12.3. The van der Waals surface area contributed by atoms with Crippen molar-refractivity contribution in [2.24, 2.45) is 5.92 Å². The lowest BCUT2D eigenvalue weighted by atomic mass is 10.0. The highest BCUT2D eigenvalue weighted by molar-refractivity contribution is 7.81. The first-order chi connectivity index (χ1) is 12.7. The molecule has 2 atom stereocenters. The standard InChI is InChI=1S/C19H24N2O5S/c1-11(2)10-14(19(25)26)20-16(22)15(27)8-5-9-21-17(23)12-6-3-4-7-13(12)18(21)24/h3-4,6-7,11,14-15,27H,5,8-10H2,1-2H3,(H,20,22)(H,25,26)/t14-,15?/m0/s1. The number of imide groups is 1. The first-order valence-electron chi connectivity index (χ1n) is 8.88. The summed E-state index contributed by atoms with van der Waals surface area (Å²) >= 11 is 4.24. The minimum absolute atomic E-state index is 0.124. The Morgan fingerprint density at radius 1 is 1.15 bits per heavy atom. The number of nitrogens with zero attached hydrogens (tertiary/aromatic N) is 1. The van der Waals surface area contributed by atoms with Gasteiger partial charge >= 0.3 is 5.97 Å². The van der Waals surface area contributed by atoms with E-state index in [0.717, 1.165) is 0 Å². The lowest BCUT2D eigenvalue weighted by Gasteiger charge is -2.19. The van der Waals surface area contributed by atoms with Gasteiger partial charge in [-0.1, -0.05) is 26.0 Å². The largest absolute Gasteiger partial charge is 0.480 e. The van der Waals surface area contributed by atoms with Gasteiger partial charge in [0.05, 0.1) is 16.4 Å². The van der Waals surface area contributed by atoms with Gasteiger partial charge in [-0.3, -0.25) is 19.3 Å². The SMILES string of the molecule is CC(C)C[C@H](NC(=O)C(S)CCCN1C(=O)c2ccccc2C1=O)C(=O)O. The molecule has 1 unspecified atom stereocenters. The van der Waals surface area contributed by atoms with Crippen LogP contribution in [0.1, 0.15) is 53.8 Å². The van der Waals surface area contributed by atoms with E-state index in [1.165, 1.54) is 4.90 Å². The van der Waals surface area contributed by atoms with Crippen molar-refractivity contribution in [3.8, 4) is 0 Å². The topological polar surface area (TPSA) is 104 Å². The number of hydrogen-bond acceptors (Lipinski definition) is 5. The summed E-state index contributed by atoms with van der Waals surface area (Å²) in [6.45, 7) is 3.94. The van der Waals surface area contributed by atoms with Crippen molar-refractivity contribution >= 4 is 36.3 Å². The monoisotopic (exact) mass is 392 g/mol. The third-order valence-electron chi connectivity index (χ3n) is 4.36. The quantitative estimate of drug-likeness (QED) is 0.440. The van der Waals surface area contributed by atoms with Crippen LogP contribution in [-0.4, -0.2) is 51.5 Å². The number of amides is 3. The Balaban J connectivity index is 1.85. The number of thiol groups is 1. The van der Waals surface area contributed by atoms with Crippen molar-refractivity contribution in [3.63, 3.8) is 0 Å². The number of hydrogen-bond donors (Lipinski definition) is 3. The van der Waals surface area contributed by atoms with Gasteiger partial charge < -0.3 is 10.4 Å². The molecule has 0 fully saturated rings. The molecule has 27 heavy (non-hydrogen) atoms. The number of aliphatic carboxylic acids is 1. The molecule has 3 amide bonds. The molecule has 0 spiro atoms. The molecular formula is C19H24N2O5S. The number of rotatable bonds is 9. The molecule has 1 heterocycles. The lowest BCUT2D eigenvalue weighted by molar-refractivity contribution is -0.142. The Morgan fingerprint density at radius 2 is 1.70 bits per heavy atom. The maximum atomic E-state index is 12.3. The smallest absolute Gasteiger partial charge is 0.326 e. The minimum atomic E-state index is -1.08. The molecule has 1 aliphatic rings. The van der Waals surface area contributed by atoms with Crippen molar-refractivity contribution in [2.75, 3.05) is 6.54 Å². The third-order valence-corrected chi connectivity index (χ3v) is 4.85. The van der Waals surface area contributed by atoms with Crippen molar-refractivity contribution in [1.29, 1.82) is 0 Å². The Labute approximate surface area is 163 Å². The number of carboxylic acids is 1. The van der Waals surface area contributed by atoms with Crippen LogP contribution < -0.4 is 5.32 Å². The number of benzene rings is 1. The zero-order valence-electron chi connectivity index (χ0n) is 15.3. The summed E-state index contributed by atoms with van der Waals surface area (Å²) in [5.74, 6) is -2.09. The molecule has 0 saturated heterocycles. The second kappa shape index (κ2) is 9.03. The molecule has 1 aromatic carbocycles. The van der Waals surface area contributed by atoms with Gasteiger partial charge in [-0.2, -0.15) is 12.6 Å². The molecule has 0 aliphatic carbocycles. The number of fused-ring (bicyclic) bond motifs is 1. The summed E-state index contributed by atoms with van der Waals surface area (Å²) in [4.78, 5) is 49.1. The van der Waals surface area contributed by atoms with Crippen molar-refractivity contribution < 1.29 is 24.3 Å². The molecule has 2 N–H and O–H groups in total. The second-order valence-corrected chi connectivity index (χ2v) is 7.62. The van der Waals surface area contributed by atoms with Crippen LogP contribution >= 0.6 is 12.6 Å². The van der Waals surface area contributed by atoms with E-state index in [4.69, 9.17) is 0 Å².